The number of aromatic nitrogens is 3. The third-order valence-electron chi connectivity index (χ3n) is 6.11. The summed E-state index contributed by atoms with van der Waals surface area (Å²) < 4.78 is 6.10. The molecule has 3 N–H and O–H groups in total. The van der Waals surface area contributed by atoms with Crippen molar-refractivity contribution in [1.29, 1.82) is 0 Å². The van der Waals surface area contributed by atoms with Gasteiger partial charge in [-0.15, -0.1) is 0 Å². The van der Waals surface area contributed by atoms with Crippen LogP contribution >= 0.6 is 11.6 Å². The molecule has 0 aliphatic carbocycles. The summed E-state index contributed by atoms with van der Waals surface area (Å²) in [5, 5.41) is 5.68. The number of halogens is 1. The zero-order valence-electron chi connectivity index (χ0n) is 23.3. The zero-order chi connectivity index (χ0) is 29.4. The zero-order valence-corrected chi connectivity index (χ0v) is 24.0. The van der Waals surface area contributed by atoms with E-state index in [1.807, 2.05) is 6.07 Å². The third-order valence-corrected chi connectivity index (χ3v) is 6.43. The van der Waals surface area contributed by atoms with E-state index in [0.717, 1.165) is 28.7 Å². The molecule has 11 nitrogen and oxygen atoms in total. The summed E-state index contributed by atoms with van der Waals surface area (Å²) in [5.41, 5.74) is 2.96. The number of methoxy groups -OCH3 is 1. The Labute approximate surface area is 237 Å². The van der Waals surface area contributed by atoms with Crippen LogP contribution in [-0.2, 0) is 27.3 Å². The van der Waals surface area contributed by atoms with Gasteiger partial charge >= 0.3 is 6.09 Å². The molecule has 0 aliphatic rings. The molecule has 3 amide bonds. The molecule has 3 heterocycles. The van der Waals surface area contributed by atoms with Crippen LogP contribution in [0.3, 0.4) is 0 Å². The summed E-state index contributed by atoms with van der Waals surface area (Å²) in [4.78, 5) is 59.0. The SMILES string of the molecule is COC(=O)N[C@@H](CC/C=C/C(=O)N(C)C)C(=O)Nc1cccn(Cc2cc3ncc(Cl)c(CC(C)C)c3[nH]2)c1=O. The topological polar surface area (TPSA) is 138 Å². The first-order chi connectivity index (χ1) is 19.0. The quantitative estimate of drug-likeness (QED) is 0.300. The van der Waals surface area contributed by atoms with E-state index in [0.29, 0.717) is 17.4 Å². The van der Waals surface area contributed by atoms with E-state index in [1.165, 1.54) is 28.7 Å². The number of pyridine rings is 2. The fourth-order valence-electron chi connectivity index (χ4n) is 4.07. The maximum atomic E-state index is 13.2. The van der Waals surface area contributed by atoms with Crippen molar-refractivity contribution >= 4 is 46.2 Å². The second kappa shape index (κ2) is 13.8. The maximum absolute atomic E-state index is 13.2. The Morgan fingerprint density at radius 3 is 2.70 bits per heavy atom. The number of fused-ring (bicyclic) bond motifs is 1. The van der Waals surface area contributed by atoms with E-state index < -0.39 is 23.6 Å². The average Bonchev–Trinajstić information content (AvgIpc) is 3.32. The Morgan fingerprint density at radius 1 is 1.27 bits per heavy atom. The first-order valence-corrected chi connectivity index (χ1v) is 13.3. The molecule has 0 saturated carbocycles. The lowest BCUT2D eigenvalue weighted by Gasteiger charge is -2.17. The van der Waals surface area contributed by atoms with Crippen molar-refractivity contribution in [2.45, 2.75) is 45.7 Å². The van der Waals surface area contributed by atoms with Crippen molar-refractivity contribution in [2.24, 2.45) is 5.92 Å². The Kier molecular flexibility index (Phi) is 10.5. The number of aromatic amines is 1. The molecule has 3 aromatic heterocycles. The summed E-state index contributed by atoms with van der Waals surface area (Å²) in [6.45, 7) is 4.44. The highest BCUT2D eigenvalue weighted by molar-refractivity contribution is 6.32. The number of H-pyrrole nitrogens is 1. The Hall–Kier alpha value is -4.12. The molecule has 3 aromatic rings. The van der Waals surface area contributed by atoms with Crippen LogP contribution in [0.25, 0.3) is 11.0 Å². The molecule has 0 saturated heterocycles. The highest BCUT2D eigenvalue weighted by atomic mass is 35.5. The van der Waals surface area contributed by atoms with Gasteiger partial charge in [-0.3, -0.25) is 19.4 Å². The lowest BCUT2D eigenvalue weighted by Crippen LogP contribution is -2.44. The average molecular weight is 571 g/mol. The Bertz CT molecular complexity index is 1460. The Balaban J connectivity index is 1.78. The molecule has 0 unspecified atom stereocenters. The smallest absolute Gasteiger partial charge is 0.407 e. The van der Waals surface area contributed by atoms with Gasteiger partial charge in [-0.25, -0.2) is 4.79 Å². The van der Waals surface area contributed by atoms with Gasteiger partial charge in [0.05, 0.1) is 29.7 Å². The minimum absolute atomic E-state index is 0.0558. The molecule has 40 heavy (non-hydrogen) atoms. The van der Waals surface area contributed by atoms with Crippen LogP contribution in [0.2, 0.25) is 5.02 Å². The largest absolute Gasteiger partial charge is 0.453 e. The maximum Gasteiger partial charge on any atom is 0.407 e. The van der Waals surface area contributed by atoms with Crippen LogP contribution < -0.4 is 16.2 Å². The summed E-state index contributed by atoms with van der Waals surface area (Å²) in [5.74, 6) is -0.390. The van der Waals surface area contributed by atoms with Gasteiger partial charge in [0.15, 0.2) is 0 Å². The van der Waals surface area contributed by atoms with Crippen molar-refractivity contribution < 1.29 is 19.1 Å². The molecule has 3 rings (SSSR count). The molecule has 0 spiro atoms. The number of ether oxygens (including phenoxy) is 1. The fraction of sp³-hybridized carbons (Fsp3) is 0.393. The number of nitrogens with zero attached hydrogens (tertiary/aromatic N) is 3. The number of hydrogen-bond donors (Lipinski definition) is 3. The van der Waals surface area contributed by atoms with Crippen LogP contribution in [0.1, 0.15) is 37.9 Å². The number of carbonyl (C=O) groups excluding carboxylic acids is 3. The molecular weight excluding hydrogens is 536 g/mol. The van der Waals surface area contributed by atoms with Gasteiger partial charge < -0.3 is 29.8 Å². The molecular formula is C28H35ClN6O5. The van der Waals surface area contributed by atoms with Crippen molar-refractivity contribution in [3.05, 3.63) is 69.4 Å². The molecule has 0 bridgehead atoms. The minimum Gasteiger partial charge on any atom is -0.453 e. The van der Waals surface area contributed by atoms with Crippen molar-refractivity contribution in [1.82, 2.24) is 24.8 Å². The van der Waals surface area contributed by atoms with E-state index in [1.54, 1.807) is 38.6 Å². The van der Waals surface area contributed by atoms with Crippen LogP contribution in [0.5, 0.6) is 0 Å². The second-order valence-electron chi connectivity index (χ2n) is 9.98. The molecule has 0 aliphatic heterocycles. The highest BCUT2D eigenvalue weighted by Gasteiger charge is 2.22. The third kappa shape index (κ3) is 7.95. The Morgan fingerprint density at radius 2 is 2.02 bits per heavy atom. The van der Waals surface area contributed by atoms with Crippen molar-refractivity contribution in [3.8, 4) is 0 Å². The molecule has 214 valence electrons. The lowest BCUT2D eigenvalue weighted by atomic mass is 10.0. The first-order valence-electron chi connectivity index (χ1n) is 12.9. The number of hydrogen-bond acceptors (Lipinski definition) is 6. The first kappa shape index (κ1) is 30.4. The molecule has 12 heteroatoms. The fourth-order valence-corrected chi connectivity index (χ4v) is 4.29. The van der Waals surface area contributed by atoms with Gasteiger partial charge in [0.2, 0.25) is 11.8 Å². The number of allylic oxidation sites excluding steroid dienone is 1. The number of nitrogens with one attached hydrogen (secondary N) is 3. The number of anilines is 1. The number of carbonyl (C=O) groups is 3. The predicted octanol–water partition coefficient (Wildman–Crippen LogP) is 3.71. The van der Waals surface area contributed by atoms with Crippen LogP contribution in [0.15, 0.2) is 47.5 Å². The van der Waals surface area contributed by atoms with Crippen molar-refractivity contribution in [3.63, 3.8) is 0 Å². The van der Waals surface area contributed by atoms with Gasteiger partial charge in [-0.1, -0.05) is 31.5 Å². The second-order valence-corrected chi connectivity index (χ2v) is 10.4. The van der Waals surface area contributed by atoms with E-state index in [4.69, 9.17) is 11.6 Å². The monoisotopic (exact) mass is 570 g/mol. The van der Waals surface area contributed by atoms with Gasteiger partial charge in [0.25, 0.3) is 5.56 Å². The molecule has 1 atom stereocenters. The van der Waals surface area contributed by atoms with Gasteiger partial charge in [0.1, 0.15) is 11.7 Å². The van der Waals surface area contributed by atoms with E-state index in [-0.39, 0.29) is 24.6 Å². The van der Waals surface area contributed by atoms with E-state index >= 15 is 0 Å². The predicted molar refractivity (Wildman–Crippen MR) is 154 cm³/mol. The van der Waals surface area contributed by atoms with Crippen LogP contribution in [-0.4, -0.2) is 64.6 Å². The van der Waals surface area contributed by atoms with Gasteiger partial charge in [-0.05, 0) is 55.0 Å². The van der Waals surface area contributed by atoms with Gasteiger partial charge in [0, 0.05) is 32.2 Å². The number of likely N-dealkylation sites (N-methyl/N-ethyl adjacent to an activating group) is 1. The summed E-state index contributed by atoms with van der Waals surface area (Å²) >= 11 is 6.41. The number of alkyl carbamates (subject to hydrolysis) is 1. The molecule has 0 aromatic carbocycles. The molecule has 0 radical (unpaired) electrons. The van der Waals surface area contributed by atoms with E-state index in [9.17, 15) is 19.2 Å². The van der Waals surface area contributed by atoms with Gasteiger partial charge in [-0.2, -0.15) is 0 Å². The molecule has 0 fully saturated rings. The van der Waals surface area contributed by atoms with Crippen LogP contribution in [0.4, 0.5) is 10.5 Å². The number of amides is 3. The summed E-state index contributed by atoms with van der Waals surface area (Å²) in [6.07, 6.45) is 6.77. The normalized spacial score (nSPS) is 12.1. The standard InChI is InChI=1S/C28H35ClN6O5/c1-17(2)13-19-20(29)15-30-23-14-18(31-25(19)23)16-35-12-8-10-22(27(35)38)32-26(37)21(33-28(39)40-5)9-6-7-11-24(36)34(3)4/h7-8,10-12,14-15,17,21,31H,6,9,13,16H2,1-5H3,(H,32,37)(H,33,39)/b11-7+/t21-/m0/s1. The lowest BCUT2D eigenvalue weighted by molar-refractivity contribution is -0.123. The minimum atomic E-state index is -0.997. The van der Waals surface area contributed by atoms with E-state index in [2.05, 4.69) is 39.2 Å². The highest BCUT2D eigenvalue weighted by Crippen LogP contribution is 2.27. The number of rotatable bonds is 11. The van der Waals surface area contributed by atoms with Crippen molar-refractivity contribution in [2.75, 3.05) is 26.5 Å². The van der Waals surface area contributed by atoms with Crippen LogP contribution in [0, 0.1) is 5.92 Å². The summed E-state index contributed by atoms with van der Waals surface area (Å²) in [6, 6.07) is 4.02. The summed E-state index contributed by atoms with van der Waals surface area (Å²) in [7, 11) is 4.45.